The number of carbonyl (C=O) groups excluding carboxylic acids is 2. The molecule has 0 spiro atoms. The Kier molecular flexibility index (Phi) is 3.93. The second-order valence-corrected chi connectivity index (χ2v) is 7.89. The van der Waals surface area contributed by atoms with E-state index in [0.29, 0.717) is 5.82 Å². The molecule has 7 nitrogen and oxygen atoms in total. The van der Waals surface area contributed by atoms with Crippen molar-refractivity contribution in [2.45, 2.75) is 50.6 Å². The van der Waals surface area contributed by atoms with Crippen LogP contribution in [0.4, 0.5) is 5.82 Å². The summed E-state index contributed by atoms with van der Waals surface area (Å²) in [4.78, 5) is 34.1. The highest BCUT2D eigenvalue weighted by Gasteiger charge is 2.39. The van der Waals surface area contributed by atoms with Gasteiger partial charge in [-0.2, -0.15) is 5.26 Å². The van der Waals surface area contributed by atoms with Gasteiger partial charge in [-0.3, -0.25) is 9.59 Å². The van der Waals surface area contributed by atoms with Crippen LogP contribution in [0.3, 0.4) is 0 Å². The van der Waals surface area contributed by atoms with Gasteiger partial charge in [0, 0.05) is 23.5 Å². The third kappa shape index (κ3) is 2.85. The Labute approximate surface area is 162 Å². The second kappa shape index (κ2) is 6.48. The summed E-state index contributed by atoms with van der Waals surface area (Å²) in [6.07, 6.45) is 8.49. The number of nitriles is 1. The van der Waals surface area contributed by atoms with Gasteiger partial charge in [-0.05, 0) is 55.4 Å². The Balaban J connectivity index is 1.50. The number of carbonyl (C=O) groups is 2. The first-order valence-electron chi connectivity index (χ1n) is 9.82. The average Bonchev–Trinajstić information content (AvgIpc) is 3.37. The molecule has 1 saturated heterocycles. The van der Waals surface area contributed by atoms with Crippen molar-refractivity contribution in [3.05, 3.63) is 30.0 Å². The van der Waals surface area contributed by atoms with Crippen LogP contribution in [0.5, 0.6) is 0 Å². The third-order valence-corrected chi connectivity index (χ3v) is 5.99. The molecule has 4 heterocycles. The number of hydrogen-bond donors (Lipinski definition) is 2. The molecular formula is C21H21N5O2. The number of nitrogens with zero attached hydrogens (tertiary/aromatic N) is 3. The fourth-order valence-electron chi connectivity index (χ4n) is 4.52. The van der Waals surface area contributed by atoms with Gasteiger partial charge in [0.2, 0.25) is 11.8 Å². The van der Waals surface area contributed by atoms with E-state index < -0.39 is 0 Å². The Bertz CT molecular complexity index is 1040. The van der Waals surface area contributed by atoms with Crippen molar-refractivity contribution in [1.82, 2.24) is 14.9 Å². The number of fused-ring (bicyclic) bond motifs is 3. The van der Waals surface area contributed by atoms with Crippen molar-refractivity contribution in [3.63, 3.8) is 0 Å². The van der Waals surface area contributed by atoms with Crippen LogP contribution in [-0.4, -0.2) is 38.8 Å². The molecule has 2 amide bonds. The summed E-state index contributed by atoms with van der Waals surface area (Å²) in [5.41, 5.74) is 2.99. The lowest BCUT2D eigenvalue weighted by atomic mass is 9.93. The molecule has 2 N–H and O–H groups in total. The molecule has 3 aliphatic rings. The van der Waals surface area contributed by atoms with Crippen molar-refractivity contribution in [3.8, 4) is 6.07 Å². The van der Waals surface area contributed by atoms with Crippen molar-refractivity contribution in [1.29, 1.82) is 5.26 Å². The molecule has 28 heavy (non-hydrogen) atoms. The lowest BCUT2D eigenvalue weighted by Gasteiger charge is -2.34. The Morgan fingerprint density at radius 1 is 1.32 bits per heavy atom. The van der Waals surface area contributed by atoms with E-state index >= 15 is 0 Å². The van der Waals surface area contributed by atoms with Crippen LogP contribution in [-0.2, 0) is 9.59 Å². The molecule has 2 atom stereocenters. The summed E-state index contributed by atoms with van der Waals surface area (Å²) in [5, 5.41) is 12.8. The minimum atomic E-state index is -0.0794. The molecule has 1 aliphatic carbocycles. The third-order valence-electron chi connectivity index (χ3n) is 5.99. The number of H-pyrrole nitrogens is 1. The number of hydrogen-bond acceptors (Lipinski definition) is 4. The summed E-state index contributed by atoms with van der Waals surface area (Å²) >= 11 is 0. The molecule has 2 bridgehead atoms. The summed E-state index contributed by atoms with van der Waals surface area (Å²) in [5.74, 6) is 0.645. The molecule has 0 radical (unpaired) electrons. The Morgan fingerprint density at radius 3 is 2.93 bits per heavy atom. The van der Waals surface area contributed by atoms with Crippen LogP contribution in [0.2, 0.25) is 0 Å². The van der Waals surface area contributed by atoms with E-state index in [2.05, 4.69) is 21.4 Å². The van der Waals surface area contributed by atoms with E-state index in [4.69, 9.17) is 5.26 Å². The molecule has 142 valence electrons. The quantitative estimate of drug-likeness (QED) is 0.857. The molecular weight excluding hydrogens is 354 g/mol. The van der Waals surface area contributed by atoms with E-state index in [9.17, 15) is 9.59 Å². The standard InChI is InChI=1S/C21H21N5O2/c22-7-5-19(27)26-14-3-4-15(26)10-13(9-14)17-11-18(25-21(28)12-1-2-12)24-20-16(17)6-8-23-20/h6,8-9,11-12,14-15H,1-5,10H2,(H2,23,24,25,28). The van der Waals surface area contributed by atoms with Gasteiger partial charge in [0.05, 0.1) is 12.1 Å². The molecule has 1 saturated carbocycles. The highest BCUT2D eigenvalue weighted by molar-refractivity contribution is 5.97. The Morgan fingerprint density at radius 2 is 2.18 bits per heavy atom. The number of aromatic nitrogens is 2. The first-order valence-corrected chi connectivity index (χ1v) is 9.82. The van der Waals surface area contributed by atoms with Crippen LogP contribution in [0.1, 0.15) is 44.1 Å². The van der Waals surface area contributed by atoms with Crippen LogP contribution in [0, 0.1) is 17.2 Å². The molecule has 2 aliphatic heterocycles. The number of aromatic amines is 1. The van der Waals surface area contributed by atoms with E-state index in [1.54, 1.807) is 0 Å². The monoisotopic (exact) mass is 375 g/mol. The summed E-state index contributed by atoms with van der Waals surface area (Å²) in [6.45, 7) is 0. The van der Waals surface area contributed by atoms with Crippen molar-refractivity contribution in [2.24, 2.45) is 5.92 Å². The number of anilines is 1. The fraction of sp³-hybridized carbons (Fsp3) is 0.429. The van der Waals surface area contributed by atoms with Gasteiger partial charge < -0.3 is 15.2 Å². The van der Waals surface area contributed by atoms with Crippen LogP contribution >= 0.6 is 0 Å². The zero-order valence-electron chi connectivity index (χ0n) is 15.4. The SMILES string of the molecule is N#CCC(=O)N1C2C=C(c3cc(NC(=O)C4CC4)nc4[nH]ccc34)CC1CC2. The van der Waals surface area contributed by atoms with Crippen molar-refractivity contribution < 1.29 is 9.59 Å². The first-order chi connectivity index (χ1) is 13.6. The summed E-state index contributed by atoms with van der Waals surface area (Å²) < 4.78 is 0. The van der Waals surface area contributed by atoms with Crippen molar-refractivity contribution in [2.75, 3.05) is 5.32 Å². The van der Waals surface area contributed by atoms with E-state index in [1.165, 1.54) is 5.57 Å². The lowest BCUT2D eigenvalue weighted by Crippen LogP contribution is -2.42. The van der Waals surface area contributed by atoms with Crippen LogP contribution < -0.4 is 5.32 Å². The first kappa shape index (κ1) is 17.0. The van der Waals surface area contributed by atoms with Crippen LogP contribution in [0.25, 0.3) is 16.6 Å². The molecule has 2 unspecified atom stereocenters. The minimum Gasteiger partial charge on any atom is -0.346 e. The number of amides is 2. The van der Waals surface area contributed by atoms with Crippen LogP contribution in [0.15, 0.2) is 24.4 Å². The summed E-state index contributed by atoms with van der Waals surface area (Å²) in [6, 6.07) is 6.10. The highest BCUT2D eigenvalue weighted by atomic mass is 16.2. The second-order valence-electron chi connectivity index (χ2n) is 7.89. The van der Waals surface area contributed by atoms with E-state index in [1.807, 2.05) is 29.3 Å². The fourth-order valence-corrected chi connectivity index (χ4v) is 4.52. The average molecular weight is 375 g/mol. The molecule has 2 aromatic heterocycles. The normalized spacial score (nSPS) is 23.4. The maximum Gasteiger partial charge on any atom is 0.237 e. The largest absolute Gasteiger partial charge is 0.346 e. The number of pyridine rings is 1. The molecule has 7 heteroatoms. The van der Waals surface area contributed by atoms with Gasteiger partial charge in [-0.15, -0.1) is 0 Å². The van der Waals surface area contributed by atoms with Gasteiger partial charge in [-0.25, -0.2) is 4.98 Å². The zero-order valence-corrected chi connectivity index (χ0v) is 15.4. The maximum atomic E-state index is 12.3. The van der Waals surface area contributed by atoms with Gasteiger partial charge in [0.15, 0.2) is 0 Å². The lowest BCUT2D eigenvalue weighted by molar-refractivity contribution is -0.132. The van der Waals surface area contributed by atoms with Gasteiger partial charge in [0.1, 0.15) is 17.9 Å². The summed E-state index contributed by atoms with van der Waals surface area (Å²) in [7, 11) is 0. The predicted molar refractivity (Wildman–Crippen MR) is 104 cm³/mol. The molecule has 5 rings (SSSR count). The van der Waals surface area contributed by atoms with Gasteiger partial charge in [0.25, 0.3) is 0 Å². The Hall–Kier alpha value is -3.14. The molecule has 2 aromatic rings. The smallest absolute Gasteiger partial charge is 0.237 e. The van der Waals surface area contributed by atoms with Gasteiger partial charge >= 0.3 is 0 Å². The van der Waals surface area contributed by atoms with Gasteiger partial charge in [-0.1, -0.05) is 6.08 Å². The topological polar surface area (TPSA) is 102 Å². The molecule has 0 aromatic carbocycles. The highest BCUT2D eigenvalue weighted by Crippen LogP contribution is 2.41. The van der Waals surface area contributed by atoms with E-state index in [-0.39, 0.29) is 36.2 Å². The maximum absolute atomic E-state index is 12.3. The van der Waals surface area contributed by atoms with Crippen molar-refractivity contribution >= 4 is 34.2 Å². The number of nitrogens with one attached hydrogen (secondary N) is 2. The zero-order chi connectivity index (χ0) is 19.3. The predicted octanol–water partition coefficient (Wildman–Crippen LogP) is 2.97. The van der Waals surface area contributed by atoms with E-state index in [0.717, 1.165) is 48.7 Å². The number of rotatable bonds is 4. The molecule has 2 fully saturated rings. The minimum absolute atomic E-state index is 0.0373.